The number of hydrogen-bond donors (Lipinski definition) is 0. The fourth-order valence-electron chi connectivity index (χ4n) is 2.64. The van der Waals surface area contributed by atoms with Gasteiger partial charge >= 0.3 is 0 Å². The molecule has 82 valence electrons. The molecule has 1 aliphatic heterocycles. The molecule has 0 saturated carbocycles. The molecule has 1 nitrogen and oxygen atoms in total. The molecule has 0 radical (unpaired) electrons. The van der Waals surface area contributed by atoms with Gasteiger partial charge in [0.05, 0.1) is 0 Å². The van der Waals surface area contributed by atoms with Crippen LogP contribution in [0.1, 0.15) is 13.3 Å². The molecule has 3 rings (SSSR count). The highest BCUT2D eigenvalue weighted by atomic mass is 15.1. The molecule has 2 aromatic carbocycles. The van der Waals surface area contributed by atoms with Gasteiger partial charge in [0.2, 0.25) is 0 Å². The molecule has 1 fully saturated rings. The fraction of sp³-hybridized carbons (Fsp3) is 0.333. The molecule has 1 unspecified atom stereocenters. The average molecular weight is 211 g/mol. The lowest BCUT2D eigenvalue weighted by molar-refractivity contribution is 0.659. The summed E-state index contributed by atoms with van der Waals surface area (Å²) in [5.74, 6) is 0.832. The summed E-state index contributed by atoms with van der Waals surface area (Å²) >= 11 is 0. The first-order valence-electron chi connectivity index (χ1n) is 6.07. The zero-order chi connectivity index (χ0) is 11.0. The highest BCUT2D eigenvalue weighted by molar-refractivity contribution is 5.94. The minimum Gasteiger partial charge on any atom is -0.371 e. The van der Waals surface area contributed by atoms with Gasteiger partial charge in [0.15, 0.2) is 0 Å². The van der Waals surface area contributed by atoms with Crippen molar-refractivity contribution in [1.29, 1.82) is 0 Å². The van der Waals surface area contributed by atoms with Crippen LogP contribution in [0.2, 0.25) is 0 Å². The zero-order valence-corrected chi connectivity index (χ0v) is 9.69. The highest BCUT2D eigenvalue weighted by Crippen LogP contribution is 2.30. The lowest BCUT2D eigenvalue weighted by Gasteiger charge is -2.20. The smallest absolute Gasteiger partial charge is 0.0445 e. The Kier molecular flexibility index (Phi) is 2.32. The molecular formula is C15H17N. The molecule has 0 aliphatic carbocycles. The summed E-state index contributed by atoms with van der Waals surface area (Å²) < 4.78 is 0. The monoisotopic (exact) mass is 211 g/mol. The van der Waals surface area contributed by atoms with Gasteiger partial charge in [-0.1, -0.05) is 43.3 Å². The molecule has 0 aromatic heterocycles. The minimum absolute atomic E-state index is 0.832. The highest BCUT2D eigenvalue weighted by Gasteiger charge is 2.19. The molecule has 2 aromatic rings. The van der Waals surface area contributed by atoms with Crippen molar-refractivity contribution in [1.82, 2.24) is 0 Å². The van der Waals surface area contributed by atoms with E-state index in [9.17, 15) is 0 Å². The average Bonchev–Trinajstić information content (AvgIpc) is 2.75. The molecule has 1 heterocycles. The molecule has 0 amide bonds. The van der Waals surface area contributed by atoms with Gasteiger partial charge in [-0.2, -0.15) is 0 Å². The standard InChI is InChI=1S/C15H17N/c1-12-9-10-16(11-12)15-8-4-6-13-5-2-3-7-14(13)15/h2-8,12H,9-11H2,1H3. The van der Waals surface area contributed by atoms with Gasteiger partial charge in [0.25, 0.3) is 0 Å². The lowest BCUT2D eigenvalue weighted by Crippen LogP contribution is -2.19. The first kappa shape index (κ1) is 9.71. The van der Waals surface area contributed by atoms with Crippen LogP contribution in [0.15, 0.2) is 42.5 Å². The second-order valence-electron chi connectivity index (χ2n) is 4.84. The van der Waals surface area contributed by atoms with Gasteiger partial charge in [-0.15, -0.1) is 0 Å². The molecule has 16 heavy (non-hydrogen) atoms. The Bertz CT molecular complexity index is 498. The predicted octanol–water partition coefficient (Wildman–Crippen LogP) is 3.69. The van der Waals surface area contributed by atoms with Gasteiger partial charge in [-0.3, -0.25) is 0 Å². The van der Waals surface area contributed by atoms with Crippen LogP contribution < -0.4 is 4.90 Å². The summed E-state index contributed by atoms with van der Waals surface area (Å²) in [6.07, 6.45) is 1.32. The van der Waals surface area contributed by atoms with Crippen LogP contribution in [-0.2, 0) is 0 Å². The van der Waals surface area contributed by atoms with Crippen LogP contribution in [0, 0.1) is 5.92 Å². The Hall–Kier alpha value is -1.50. The summed E-state index contributed by atoms with van der Waals surface area (Å²) in [5.41, 5.74) is 1.41. The molecule has 0 N–H and O–H groups in total. The van der Waals surface area contributed by atoms with Crippen LogP contribution in [0.25, 0.3) is 10.8 Å². The minimum atomic E-state index is 0.832. The molecule has 0 spiro atoms. The molecule has 1 aliphatic rings. The summed E-state index contributed by atoms with van der Waals surface area (Å²) in [6.45, 7) is 4.74. The summed E-state index contributed by atoms with van der Waals surface area (Å²) in [7, 11) is 0. The number of hydrogen-bond acceptors (Lipinski definition) is 1. The first-order valence-corrected chi connectivity index (χ1v) is 6.07. The summed E-state index contributed by atoms with van der Waals surface area (Å²) in [4.78, 5) is 2.52. The van der Waals surface area contributed by atoms with E-state index in [-0.39, 0.29) is 0 Å². The van der Waals surface area contributed by atoms with Gasteiger partial charge in [0, 0.05) is 24.2 Å². The maximum atomic E-state index is 2.52. The van der Waals surface area contributed by atoms with Crippen molar-refractivity contribution in [3.8, 4) is 0 Å². The van der Waals surface area contributed by atoms with Crippen LogP contribution in [-0.4, -0.2) is 13.1 Å². The Labute approximate surface area is 96.7 Å². The van der Waals surface area contributed by atoms with E-state index in [0.717, 1.165) is 5.92 Å². The van der Waals surface area contributed by atoms with E-state index < -0.39 is 0 Å². The van der Waals surface area contributed by atoms with Crippen molar-refractivity contribution in [2.45, 2.75) is 13.3 Å². The second kappa shape index (κ2) is 3.82. The summed E-state index contributed by atoms with van der Waals surface area (Å²) in [5, 5.41) is 2.73. The number of anilines is 1. The van der Waals surface area contributed by atoms with Crippen molar-refractivity contribution < 1.29 is 0 Å². The molecular weight excluding hydrogens is 194 g/mol. The van der Waals surface area contributed by atoms with E-state index in [2.05, 4.69) is 54.3 Å². The maximum Gasteiger partial charge on any atom is 0.0445 e. The quantitative estimate of drug-likeness (QED) is 0.695. The number of rotatable bonds is 1. The Morgan fingerprint density at radius 1 is 1.06 bits per heavy atom. The van der Waals surface area contributed by atoms with E-state index in [1.807, 2.05) is 0 Å². The van der Waals surface area contributed by atoms with Crippen LogP contribution in [0.3, 0.4) is 0 Å². The van der Waals surface area contributed by atoms with Gasteiger partial charge < -0.3 is 4.90 Å². The molecule has 1 atom stereocenters. The number of benzene rings is 2. The van der Waals surface area contributed by atoms with Gasteiger partial charge in [-0.05, 0) is 23.8 Å². The van der Waals surface area contributed by atoms with Crippen molar-refractivity contribution >= 4 is 16.5 Å². The predicted molar refractivity (Wildman–Crippen MR) is 69.9 cm³/mol. The zero-order valence-electron chi connectivity index (χ0n) is 9.69. The third-order valence-electron chi connectivity index (χ3n) is 3.53. The summed E-state index contributed by atoms with van der Waals surface area (Å²) in [6, 6.07) is 15.3. The Morgan fingerprint density at radius 3 is 2.69 bits per heavy atom. The van der Waals surface area contributed by atoms with Crippen LogP contribution >= 0.6 is 0 Å². The van der Waals surface area contributed by atoms with Crippen molar-refractivity contribution in [3.05, 3.63) is 42.5 Å². The number of fused-ring (bicyclic) bond motifs is 1. The third kappa shape index (κ3) is 1.57. The fourth-order valence-corrected chi connectivity index (χ4v) is 2.64. The van der Waals surface area contributed by atoms with Crippen molar-refractivity contribution in [2.75, 3.05) is 18.0 Å². The normalized spacial score (nSPS) is 20.6. The lowest BCUT2D eigenvalue weighted by atomic mass is 10.1. The van der Waals surface area contributed by atoms with E-state index >= 15 is 0 Å². The first-order chi connectivity index (χ1) is 7.84. The Balaban J connectivity index is 2.09. The largest absolute Gasteiger partial charge is 0.371 e. The molecule has 1 heteroatoms. The van der Waals surface area contributed by atoms with Crippen LogP contribution in [0.5, 0.6) is 0 Å². The van der Waals surface area contributed by atoms with E-state index in [0.29, 0.717) is 0 Å². The number of nitrogens with zero attached hydrogens (tertiary/aromatic N) is 1. The van der Waals surface area contributed by atoms with Crippen LogP contribution in [0.4, 0.5) is 5.69 Å². The van der Waals surface area contributed by atoms with E-state index in [4.69, 9.17) is 0 Å². The van der Waals surface area contributed by atoms with Gasteiger partial charge in [-0.25, -0.2) is 0 Å². The van der Waals surface area contributed by atoms with E-state index in [1.165, 1.54) is 36.0 Å². The molecule has 1 saturated heterocycles. The van der Waals surface area contributed by atoms with Gasteiger partial charge in [0.1, 0.15) is 0 Å². The topological polar surface area (TPSA) is 3.24 Å². The second-order valence-corrected chi connectivity index (χ2v) is 4.84. The molecule has 0 bridgehead atoms. The van der Waals surface area contributed by atoms with Crippen molar-refractivity contribution in [3.63, 3.8) is 0 Å². The third-order valence-corrected chi connectivity index (χ3v) is 3.53. The maximum absolute atomic E-state index is 2.52. The van der Waals surface area contributed by atoms with Crippen molar-refractivity contribution in [2.24, 2.45) is 5.92 Å². The van der Waals surface area contributed by atoms with E-state index in [1.54, 1.807) is 0 Å². The Morgan fingerprint density at radius 2 is 1.88 bits per heavy atom. The SMILES string of the molecule is CC1CCN(c2cccc3ccccc23)C1.